The number of carbonyl (C=O) groups excluding carboxylic acids is 2. The highest BCUT2D eigenvalue weighted by Crippen LogP contribution is 2.42. The van der Waals surface area contributed by atoms with Gasteiger partial charge in [-0.05, 0) is 48.9 Å². The first kappa shape index (κ1) is 18.3. The van der Waals surface area contributed by atoms with Crippen molar-refractivity contribution in [1.29, 1.82) is 0 Å². The summed E-state index contributed by atoms with van der Waals surface area (Å²) in [6, 6.07) is 24.8. The van der Waals surface area contributed by atoms with Crippen LogP contribution in [0.1, 0.15) is 26.9 Å². The molecule has 1 saturated heterocycles. The monoisotopic (exact) mass is 388 g/mol. The van der Waals surface area contributed by atoms with Crippen LogP contribution in [0, 0.1) is 6.92 Å². The lowest BCUT2D eigenvalue weighted by molar-refractivity contribution is -0.115. The van der Waals surface area contributed by atoms with Gasteiger partial charge in [0.25, 0.3) is 5.91 Å². The number of hydrogen-bond donors (Lipinski definition) is 1. The van der Waals surface area contributed by atoms with Gasteiger partial charge >= 0.3 is 0 Å². The molecule has 1 aliphatic rings. The zero-order chi connectivity index (χ0) is 19.5. The standard InChI is InChI=1S/C23H20N2O2S/c1-16-10-12-20(13-11-16)25-21(26)15-28-23(25)18-8-5-9-19(14-18)24-22(27)17-6-3-2-4-7-17/h2-14,23H,15H2,1H3,(H,24,27)/t23-/m0/s1. The van der Waals surface area contributed by atoms with Crippen LogP contribution in [0.25, 0.3) is 0 Å². The van der Waals surface area contributed by atoms with E-state index >= 15 is 0 Å². The van der Waals surface area contributed by atoms with E-state index in [1.165, 1.54) is 0 Å². The van der Waals surface area contributed by atoms with Crippen molar-refractivity contribution in [3.8, 4) is 0 Å². The average Bonchev–Trinajstić information content (AvgIpc) is 3.11. The molecule has 140 valence electrons. The number of carbonyl (C=O) groups is 2. The summed E-state index contributed by atoms with van der Waals surface area (Å²) in [6.45, 7) is 2.03. The van der Waals surface area contributed by atoms with Crippen LogP contribution in [0.5, 0.6) is 0 Å². The number of nitrogens with zero attached hydrogens (tertiary/aromatic N) is 1. The van der Waals surface area contributed by atoms with Crippen LogP contribution in [0.2, 0.25) is 0 Å². The number of hydrogen-bond acceptors (Lipinski definition) is 3. The summed E-state index contributed by atoms with van der Waals surface area (Å²) < 4.78 is 0. The molecule has 3 aromatic carbocycles. The first-order chi connectivity index (χ1) is 13.6. The lowest BCUT2D eigenvalue weighted by Crippen LogP contribution is -2.27. The maximum atomic E-state index is 12.5. The van der Waals surface area contributed by atoms with E-state index in [2.05, 4.69) is 5.32 Å². The van der Waals surface area contributed by atoms with Crippen molar-refractivity contribution in [3.63, 3.8) is 0 Å². The minimum atomic E-state index is -0.150. The Kier molecular flexibility index (Phi) is 5.17. The number of benzene rings is 3. The molecule has 1 aliphatic heterocycles. The van der Waals surface area contributed by atoms with Crippen molar-refractivity contribution < 1.29 is 9.59 Å². The van der Waals surface area contributed by atoms with Gasteiger partial charge < -0.3 is 5.32 Å². The van der Waals surface area contributed by atoms with Crippen LogP contribution in [0.4, 0.5) is 11.4 Å². The second-order valence-electron chi connectivity index (χ2n) is 6.71. The Morgan fingerprint density at radius 2 is 1.75 bits per heavy atom. The van der Waals surface area contributed by atoms with Gasteiger partial charge in [-0.25, -0.2) is 0 Å². The van der Waals surface area contributed by atoms with Crippen molar-refractivity contribution in [1.82, 2.24) is 0 Å². The molecule has 0 saturated carbocycles. The average molecular weight is 388 g/mol. The van der Waals surface area contributed by atoms with E-state index in [0.29, 0.717) is 11.3 Å². The van der Waals surface area contributed by atoms with Crippen molar-refractivity contribution >= 4 is 35.0 Å². The van der Waals surface area contributed by atoms with Gasteiger partial charge in [-0.15, -0.1) is 11.8 Å². The maximum Gasteiger partial charge on any atom is 0.255 e. The van der Waals surface area contributed by atoms with E-state index in [9.17, 15) is 9.59 Å². The van der Waals surface area contributed by atoms with Crippen LogP contribution < -0.4 is 10.2 Å². The van der Waals surface area contributed by atoms with Crippen molar-refractivity contribution in [2.24, 2.45) is 0 Å². The molecule has 0 aromatic heterocycles. The van der Waals surface area contributed by atoms with Crippen molar-refractivity contribution in [3.05, 3.63) is 95.6 Å². The fraction of sp³-hybridized carbons (Fsp3) is 0.130. The molecule has 4 nitrogen and oxygen atoms in total. The smallest absolute Gasteiger partial charge is 0.255 e. The number of aryl methyl sites for hydroxylation is 1. The molecule has 0 bridgehead atoms. The van der Waals surface area contributed by atoms with E-state index < -0.39 is 0 Å². The molecular weight excluding hydrogens is 368 g/mol. The minimum absolute atomic E-state index is 0.0950. The zero-order valence-electron chi connectivity index (χ0n) is 15.5. The molecule has 1 fully saturated rings. The highest BCUT2D eigenvalue weighted by Gasteiger charge is 2.34. The molecule has 0 spiro atoms. The highest BCUT2D eigenvalue weighted by molar-refractivity contribution is 8.00. The number of nitrogens with one attached hydrogen (secondary N) is 1. The summed E-state index contributed by atoms with van der Waals surface area (Å²) in [5.41, 5.74) is 4.37. The Labute approximate surface area is 168 Å². The Bertz CT molecular complexity index is 1000. The molecule has 2 amide bonds. The molecule has 3 aromatic rings. The van der Waals surface area contributed by atoms with Crippen molar-refractivity contribution in [2.45, 2.75) is 12.3 Å². The van der Waals surface area contributed by atoms with Gasteiger partial charge in [-0.3, -0.25) is 14.5 Å². The lowest BCUT2D eigenvalue weighted by Gasteiger charge is -2.25. The molecule has 28 heavy (non-hydrogen) atoms. The summed E-state index contributed by atoms with van der Waals surface area (Å²) >= 11 is 1.60. The van der Waals surface area contributed by atoms with Crippen LogP contribution in [-0.4, -0.2) is 17.6 Å². The SMILES string of the molecule is Cc1ccc(N2C(=O)CS[C@H]2c2cccc(NC(=O)c3ccccc3)c2)cc1. The molecule has 4 rings (SSSR count). The Morgan fingerprint density at radius 3 is 2.50 bits per heavy atom. The molecule has 1 N–H and O–H groups in total. The summed E-state index contributed by atoms with van der Waals surface area (Å²) in [7, 11) is 0. The number of rotatable bonds is 4. The summed E-state index contributed by atoms with van der Waals surface area (Å²) in [5.74, 6) is 0.389. The predicted molar refractivity (Wildman–Crippen MR) is 115 cm³/mol. The number of thioether (sulfide) groups is 1. The minimum Gasteiger partial charge on any atom is -0.322 e. The van der Waals surface area contributed by atoms with Crippen LogP contribution >= 0.6 is 11.8 Å². The molecular formula is C23H20N2O2S. The van der Waals surface area contributed by atoms with Gasteiger partial charge in [0.2, 0.25) is 5.91 Å². The second kappa shape index (κ2) is 7.90. The Morgan fingerprint density at radius 1 is 1.00 bits per heavy atom. The first-order valence-electron chi connectivity index (χ1n) is 9.08. The third kappa shape index (κ3) is 3.80. The molecule has 5 heteroatoms. The fourth-order valence-corrected chi connectivity index (χ4v) is 4.38. The third-order valence-electron chi connectivity index (χ3n) is 4.65. The van der Waals surface area contributed by atoms with E-state index in [1.807, 2.05) is 78.6 Å². The topological polar surface area (TPSA) is 49.4 Å². The van der Waals surface area contributed by atoms with Gasteiger partial charge in [0.1, 0.15) is 5.37 Å². The third-order valence-corrected chi connectivity index (χ3v) is 5.86. The molecule has 0 unspecified atom stereocenters. The largest absolute Gasteiger partial charge is 0.322 e. The van der Waals surface area contributed by atoms with Gasteiger partial charge in [0.15, 0.2) is 0 Å². The lowest BCUT2D eigenvalue weighted by atomic mass is 10.1. The predicted octanol–water partition coefficient (Wildman–Crippen LogP) is 5.03. The van der Waals surface area contributed by atoms with Gasteiger partial charge in [0.05, 0.1) is 5.75 Å². The first-order valence-corrected chi connectivity index (χ1v) is 10.1. The van der Waals surface area contributed by atoms with E-state index in [1.54, 1.807) is 23.9 Å². The number of anilines is 2. The van der Waals surface area contributed by atoms with E-state index in [-0.39, 0.29) is 17.2 Å². The van der Waals surface area contributed by atoms with Gasteiger partial charge in [-0.2, -0.15) is 0 Å². The summed E-state index contributed by atoms with van der Waals surface area (Å²) in [4.78, 5) is 26.8. The molecule has 1 heterocycles. The molecule has 0 radical (unpaired) electrons. The van der Waals surface area contributed by atoms with Crippen molar-refractivity contribution in [2.75, 3.05) is 16.0 Å². The molecule has 1 atom stereocenters. The zero-order valence-corrected chi connectivity index (χ0v) is 16.3. The fourth-order valence-electron chi connectivity index (χ4n) is 3.22. The Hall–Kier alpha value is -3.05. The van der Waals surface area contributed by atoms with Crippen LogP contribution in [-0.2, 0) is 4.79 Å². The second-order valence-corrected chi connectivity index (χ2v) is 7.78. The maximum absolute atomic E-state index is 12.5. The van der Waals surface area contributed by atoms with E-state index in [0.717, 1.165) is 22.5 Å². The highest BCUT2D eigenvalue weighted by atomic mass is 32.2. The summed E-state index contributed by atoms with van der Waals surface area (Å²) in [5, 5.41) is 2.84. The number of amides is 2. The van der Waals surface area contributed by atoms with Crippen LogP contribution in [0.3, 0.4) is 0 Å². The van der Waals surface area contributed by atoms with E-state index in [4.69, 9.17) is 0 Å². The molecule has 0 aliphatic carbocycles. The quantitative estimate of drug-likeness (QED) is 0.682. The van der Waals surface area contributed by atoms with Gasteiger partial charge in [-0.1, -0.05) is 48.0 Å². The van der Waals surface area contributed by atoms with Crippen LogP contribution in [0.15, 0.2) is 78.9 Å². The summed E-state index contributed by atoms with van der Waals surface area (Å²) in [6.07, 6.45) is 0. The normalized spacial score (nSPS) is 16.2. The van der Waals surface area contributed by atoms with Gasteiger partial charge in [0, 0.05) is 16.9 Å². The Balaban J connectivity index is 1.58.